The first-order chi connectivity index (χ1) is 10.2. The Labute approximate surface area is 122 Å². The lowest BCUT2D eigenvalue weighted by molar-refractivity contribution is 0.103. The lowest BCUT2D eigenvalue weighted by Gasteiger charge is -2.05. The van der Waals surface area contributed by atoms with Crippen LogP contribution in [0.1, 0.15) is 28.7 Å². The average molecular weight is 281 g/mol. The molecule has 0 aliphatic heterocycles. The van der Waals surface area contributed by atoms with Crippen LogP contribution in [0.5, 0.6) is 5.75 Å². The first kappa shape index (κ1) is 13.3. The van der Waals surface area contributed by atoms with E-state index in [2.05, 4.69) is 9.97 Å². The van der Waals surface area contributed by atoms with Crippen molar-refractivity contribution in [3.8, 4) is 5.75 Å². The predicted molar refractivity (Wildman–Crippen MR) is 78.8 cm³/mol. The van der Waals surface area contributed by atoms with Gasteiger partial charge in [-0.2, -0.15) is 0 Å². The second-order valence-electron chi connectivity index (χ2n) is 4.62. The number of aryl methyl sites for hydroxylation is 1. The third-order valence-corrected chi connectivity index (χ3v) is 3.40. The standard InChI is InChI=1S/C16H15N3O2/c1-3-13-15(19-9-8-17-10-14(19)18-13)16(20)11-4-6-12(21-2)7-5-11/h4-10H,3H2,1-2H3. The van der Waals surface area contributed by atoms with Crippen LogP contribution in [0.3, 0.4) is 0 Å². The minimum Gasteiger partial charge on any atom is -0.497 e. The molecule has 5 nitrogen and oxygen atoms in total. The van der Waals surface area contributed by atoms with Crippen LogP contribution in [0.2, 0.25) is 0 Å². The maximum atomic E-state index is 12.8. The van der Waals surface area contributed by atoms with Gasteiger partial charge in [-0.1, -0.05) is 6.92 Å². The van der Waals surface area contributed by atoms with Crippen LogP contribution in [0.15, 0.2) is 42.9 Å². The van der Waals surface area contributed by atoms with Crippen LogP contribution in [-0.2, 0) is 6.42 Å². The zero-order chi connectivity index (χ0) is 14.8. The smallest absolute Gasteiger partial charge is 0.211 e. The number of rotatable bonds is 4. The molecule has 3 aromatic rings. The average Bonchev–Trinajstić information content (AvgIpc) is 2.92. The van der Waals surface area contributed by atoms with Gasteiger partial charge in [0.25, 0.3) is 0 Å². The summed E-state index contributed by atoms with van der Waals surface area (Å²) in [6.45, 7) is 1.99. The van der Waals surface area contributed by atoms with Gasteiger partial charge in [0.05, 0.1) is 19.0 Å². The summed E-state index contributed by atoms with van der Waals surface area (Å²) in [5.74, 6) is 0.679. The molecule has 0 atom stereocenters. The molecule has 0 spiro atoms. The van der Waals surface area contributed by atoms with Crippen LogP contribution < -0.4 is 4.74 Å². The SMILES string of the molecule is CCc1nc2cnccn2c1C(=O)c1ccc(OC)cc1. The van der Waals surface area contributed by atoms with Gasteiger partial charge in [-0.15, -0.1) is 0 Å². The van der Waals surface area contributed by atoms with E-state index in [0.717, 1.165) is 11.4 Å². The van der Waals surface area contributed by atoms with Crippen molar-refractivity contribution >= 4 is 11.4 Å². The molecule has 0 saturated carbocycles. The molecule has 0 N–H and O–H groups in total. The third kappa shape index (κ3) is 2.27. The summed E-state index contributed by atoms with van der Waals surface area (Å²) in [7, 11) is 1.60. The Morgan fingerprint density at radius 2 is 2.05 bits per heavy atom. The van der Waals surface area contributed by atoms with Crippen LogP contribution in [0.25, 0.3) is 5.65 Å². The number of fused-ring (bicyclic) bond motifs is 1. The van der Waals surface area contributed by atoms with Crippen LogP contribution >= 0.6 is 0 Å². The number of hydrogen-bond donors (Lipinski definition) is 0. The summed E-state index contributed by atoms with van der Waals surface area (Å²) in [5.41, 5.74) is 2.68. The molecule has 5 heteroatoms. The fraction of sp³-hybridized carbons (Fsp3) is 0.188. The maximum Gasteiger partial charge on any atom is 0.211 e. The van der Waals surface area contributed by atoms with Gasteiger partial charge in [0.1, 0.15) is 11.4 Å². The second kappa shape index (κ2) is 5.36. The van der Waals surface area contributed by atoms with Gasteiger partial charge in [0.2, 0.25) is 5.78 Å². The van der Waals surface area contributed by atoms with E-state index in [-0.39, 0.29) is 5.78 Å². The number of carbonyl (C=O) groups is 1. The lowest BCUT2D eigenvalue weighted by atomic mass is 10.1. The Morgan fingerprint density at radius 3 is 2.71 bits per heavy atom. The number of benzene rings is 1. The van der Waals surface area contributed by atoms with Crippen molar-refractivity contribution in [2.24, 2.45) is 0 Å². The fourth-order valence-electron chi connectivity index (χ4n) is 2.32. The second-order valence-corrected chi connectivity index (χ2v) is 4.62. The van der Waals surface area contributed by atoms with Gasteiger partial charge in [0.15, 0.2) is 5.65 Å². The van der Waals surface area contributed by atoms with Gasteiger partial charge in [-0.05, 0) is 30.7 Å². The summed E-state index contributed by atoms with van der Waals surface area (Å²) < 4.78 is 6.91. The molecular weight excluding hydrogens is 266 g/mol. The number of methoxy groups -OCH3 is 1. The van der Waals surface area contributed by atoms with Gasteiger partial charge in [0, 0.05) is 18.0 Å². The van der Waals surface area contributed by atoms with Crippen LogP contribution in [0.4, 0.5) is 0 Å². The van der Waals surface area contributed by atoms with E-state index >= 15 is 0 Å². The molecule has 0 aliphatic carbocycles. The van der Waals surface area contributed by atoms with E-state index in [0.29, 0.717) is 23.3 Å². The Hall–Kier alpha value is -2.69. The molecule has 21 heavy (non-hydrogen) atoms. The zero-order valence-electron chi connectivity index (χ0n) is 11.9. The predicted octanol–water partition coefficient (Wildman–Crippen LogP) is 2.53. The molecule has 0 fully saturated rings. The Bertz CT molecular complexity index is 791. The Kier molecular flexibility index (Phi) is 3.39. The number of imidazole rings is 1. The maximum absolute atomic E-state index is 12.8. The molecule has 0 saturated heterocycles. The van der Waals surface area contributed by atoms with Gasteiger partial charge >= 0.3 is 0 Å². The highest BCUT2D eigenvalue weighted by Gasteiger charge is 2.19. The monoisotopic (exact) mass is 281 g/mol. The van der Waals surface area contributed by atoms with Crippen molar-refractivity contribution in [3.05, 3.63) is 59.8 Å². The minimum absolute atomic E-state index is 0.0480. The Morgan fingerprint density at radius 1 is 1.29 bits per heavy atom. The molecule has 1 aromatic carbocycles. The van der Waals surface area contributed by atoms with Gasteiger partial charge in [-0.3, -0.25) is 14.2 Å². The van der Waals surface area contributed by atoms with E-state index < -0.39 is 0 Å². The zero-order valence-corrected chi connectivity index (χ0v) is 11.9. The first-order valence-corrected chi connectivity index (χ1v) is 6.74. The summed E-state index contributed by atoms with van der Waals surface area (Å²) in [4.78, 5) is 21.3. The molecule has 0 bridgehead atoms. The topological polar surface area (TPSA) is 56.5 Å². The van der Waals surface area contributed by atoms with E-state index in [9.17, 15) is 4.79 Å². The number of aromatic nitrogens is 3. The number of ketones is 1. The highest BCUT2D eigenvalue weighted by atomic mass is 16.5. The van der Waals surface area contributed by atoms with Crippen molar-refractivity contribution < 1.29 is 9.53 Å². The van der Waals surface area contributed by atoms with Crippen LogP contribution in [-0.4, -0.2) is 27.3 Å². The normalized spacial score (nSPS) is 10.8. The van der Waals surface area contributed by atoms with Crippen molar-refractivity contribution in [1.29, 1.82) is 0 Å². The summed E-state index contributed by atoms with van der Waals surface area (Å²) in [5, 5.41) is 0. The van der Waals surface area contributed by atoms with Gasteiger partial charge < -0.3 is 4.74 Å². The molecule has 2 aromatic heterocycles. The van der Waals surface area contributed by atoms with Crippen molar-refractivity contribution in [2.75, 3.05) is 7.11 Å². The van der Waals surface area contributed by atoms with Crippen molar-refractivity contribution in [1.82, 2.24) is 14.4 Å². The molecule has 0 amide bonds. The molecule has 0 aliphatic rings. The van der Waals surface area contributed by atoms with E-state index in [1.807, 2.05) is 6.92 Å². The molecular formula is C16H15N3O2. The quantitative estimate of drug-likeness (QED) is 0.690. The Balaban J connectivity index is 2.11. The highest BCUT2D eigenvalue weighted by molar-refractivity contribution is 6.09. The van der Waals surface area contributed by atoms with Crippen molar-refractivity contribution in [2.45, 2.75) is 13.3 Å². The van der Waals surface area contributed by atoms with E-state index in [1.54, 1.807) is 54.4 Å². The molecule has 0 radical (unpaired) electrons. The van der Waals surface area contributed by atoms with Gasteiger partial charge in [-0.25, -0.2) is 4.98 Å². The molecule has 106 valence electrons. The summed E-state index contributed by atoms with van der Waals surface area (Å²) in [6.07, 6.45) is 5.76. The lowest BCUT2D eigenvalue weighted by Crippen LogP contribution is -2.08. The van der Waals surface area contributed by atoms with Crippen molar-refractivity contribution in [3.63, 3.8) is 0 Å². The third-order valence-electron chi connectivity index (χ3n) is 3.40. The summed E-state index contributed by atoms with van der Waals surface area (Å²) >= 11 is 0. The molecule has 2 heterocycles. The number of carbonyl (C=O) groups excluding carboxylic acids is 1. The number of hydrogen-bond acceptors (Lipinski definition) is 4. The van der Waals surface area contributed by atoms with E-state index in [4.69, 9.17) is 4.74 Å². The highest BCUT2D eigenvalue weighted by Crippen LogP contribution is 2.19. The fourth-order valence-corrected chi connectivity index (χ4v) is 2.32. The molecule has 0 unspecified atom stereocenters. The minimum atomic E-state index is -0.0480. The summed E-state index contributed by atoms with van der Waals surface area (Å²) in [6, 6.07) is 7.09. The number of ether oxygens (including phenoxy) is 1. The largest absolute Gasteiger partial charge is 0.497 e. The first-order valence-electron chi connectivity index (χ1n) is 6.74. The number of nitrogens with zero attached hydrogens (tertiary/aromatic N) is 3. The van der Waals surface area contributed by atoms with Crippen LogP contribution in [0, 0.1) is 0 Å². The van der Waals surface area contributed by atoms with E-state index in [1.165, 1.54) is 0 Å². The molecule has 3 rings (SSSR count).